The third-order valence-corrected chi connectivity index (χ3v) is 2.53. The van der Waals surface area contributed by atoms with Gasteiger partial charge >= 0.3 is 5.97 Å². The molecule has 1 amide bonds. The molecule has 0 aliphatic heterocycles. The molecule has 0 fully saturated rings. The van der Waals surface area contributed by atoms with Crippen molar-refractivity contribution in [2.45, 2.75) is 25.8 Å². The molecule has 0 aliphatic carbocycles. The van der Waals surface area contributed by atoms with Crippen molar-refractivity contribution in [3.63, 3.8) is 0 Å². The molecule has 0 saturated carbocycles. The first kappa shape index (κ1) is 14.9. The van der Waals surface area contributed by atoms with Gasteiger partial charge in [-0.15, -0.1) is 0 Å². The minimum atomic E-state index is -0.997. The number of aliphatic carboxylic acids is 1. The zero-order valence-corrected chi connectivity index (χ0v) is 10.8. The van der Waals surface area contributed by atoms with Crippen LogP contribution in [0.15, 0.2) is 30.3 Å². The number of carbonyl (C=O) groups is 2. The number of hydrogen-bond donors (Lipinski definition) is 3. The number of carbonyl (C=O) groups excluding carboxylic acids is 1. The van der Waals surface area contributed by atoms with Crippen molar-refractivity contribution >= 4 is 23.6 Å². The summed E-state index contributed by atoms with van der Waals surface area (Å²) >= 11 is 0. The maximum absolute atomic E-state index is 11.7. The molecule has 1 aromatic rings. The lowest BCUT2D eigenvalue weighted by molar-refractivity contribution is -0.131. The first-order valence-electron chi connectivity index (χ1n) is 6.10. The van der Waals surface area contributed by atoms with Crippen LogP contribution in [-0.2, 0) is 9.59 Å². The van der Waals surface area contributed by atoms with E-state index in [2.05, 4.69) is 5.32 Å². The normalized spacial score (nSPS) is 12.3. The monoisotopic (exact) mass is 262 g/mol. The molecule has 19 heavy (non-hydrogen) atoms. The van der Waals surface area contributed by atoms with Gasteiger partial charge in [-0.05, 0) is 30.2 Å². The number of hydrogen-bond acceptors (Lipinski definition) is 3. The lowest BCUT2D eigenvalue weighted by Crippen LogP contribution is -2.35. The van der Waals surface area contributed by atoms with E-state index in [1.165, 1.54) is 6.08 Å². The van der Waals surface area contributed by atoms with Crippen LogP contribution in [0.2, 0.25) is 0 Å². The van der Waals surface area contributed by atoms with E-state index in [1.807, 2.05) is 6.92 Å². The number of benzene rings is 1. The molecule has 5 nitrogen and oxygen atoms in total. The second-order valence-corrected chi connectivity index (χ2v) is 4.18. The molecule has 1 aromatic carbocycles. The molecule has 0 aromatic heterocycles. The van der Waals surface area contributed by atoms with E-state index in [4.69, 9.17) is 10.8 Å². The van der Waals surface area contributed by atoms with Crippen molar-refractivity contribution in [1.82, 2.24) is 0 Å². The summed E-state index contributed by atoms with van der Waals surface area (Å²) < 4.78 is 0. The molecule has 1 rings (SSSR count). The summed E-state index contributed by atoms with van der Waals surface area (Å²) in [6.45, 7) is 1.97. The minimum absolute atomic E-state index is 0.212. The predicted molar refractivity (Wildman–Crippen MR) is 74.6 cm³/mol. The largest absolute Gasteiger partial charge is 0.478 e. The maximum atomic E-state index is 11.7. The van der Waals surface area contributed by atoms with E-state index in [9.17, 15) is 9.59 Å². The summed E-state index contributed by atoms with van der Waals surface area (Å²) in [7, 11) is 0. The van der Waals surface area contributed by atoms with E-state index in [0.717, 1.165) is 18.1 Å². The van der Waals surface area contributed by atoms with Crippen LogP contribution in [-0.4, -0.2) is 23.0 Å². The highest BCUT2D eigenvalue weighted by atomic mass is 16.4. The van der Waals surface area contributed by atoms with Gasteiger partial charge in [-0.25, -0.2) is 4.79 Å². The molecule has 102 valence electrons. The Hall–Kier alpha value is -2.14. The van der Waals surface area contributed by atoms with Crippen LogP contribution in [0.3, 0.4) is 0 Å². The van der Waals surface area contributed by atoms with E-state index in [1.54, 1.807) is 24.3 Å². The van der Waals surface area contributed by atoms with Crippen molar-refractivity contribution in [3.8, 4) is 0 Å². The van der Waals surface area contributed by atoms with E-state index >= 15 is 0 Å². The Morgan fingerprint density at radius 3 is 2.53 bits per heavy atom. The van der Waals surface area contributed by atoms with Crippen LogP contribution in [0, 0.1) is 0 Å². The Balaban J connectivity index is 2.62. The van der Waals surface area contributed by atoms with Gasteiger partial charge in [-0.2, -0.15) is 0 Å². The molecule has 0 saturated heterocycles. The van der Waals surface area contributed by atoms with Crippen molar-refractivity contribution in [1.29, 1.82) is 0 Å². The van der Waals surface area contributed by atoms with Crippen LogP contribution in [0.5, 0.6) is 0 Å². The van der Waals surface area contributed by atoms with Gasteiger partial charge in [0, 0.05) is 11.8 Å². The fourth-order valence-corrected chi connectivity index (χ4v) is 1.52. The average Bonchev–Trinajstić information content (AvgIpc) is 2.38. The lowest BCUT2D eigenvalue weighted by atomic mass is 10.1. The highest BCUT2D eigenvalue weighted by Crippen LogP contribution is 2.11. The Morgan fingerprint density at radius 1 is 1.37 bits per heavy atom. The number of rotatable bonds is 6. The first-order chi connectivity index (χ1) is 9.02. The topological polar surface area (TPSA) is 92.4 Å². The molecule has 0 heterocycles. The molecule has 0 bridgehead atoms. The van der Waals surface area contributed by atoms with Gasteiger partial charge in [0.25, 0.3) is 0 Å². The van der Waals surface area contributed by atoms with Gasteiger partial charge in [0.05, 0.1) is 6.04 Å². The number of nitrogens with two attached hydrogens (primary N) is 1. The minimum Gasteiger partial charge on any atom is -0.478 e. The SMILES string of the molecule is CCC[C@H](N)C(=O)Nc1ccc(/C=C/C(=O)O)cc1. The molecule has 0 aliphatic rings. The highest BCUT2D eigenvalue weighted by molar-refractivity contribution is 5.94. The standard InChI is InChI=1S/C14H18N2O3/c1-2-3-12(15)14(19)16-11-7-4-10(5-8-11)6-9-13(17)18/h4-9,12H,2-3,15H2,1H3,(H,16,19)(H,17,18)/b9-6+/t12-/m0/s1. The summed E-state index contributed by atoms with van der Waals surface area (Å²) in [5, 5.41) is 11.2. The van der Waals surface area contributed by atoms with Gasteiger partial charge in [0.1, 0.15) is 0 Å². The molecular formula is C14H18N2O3. The third kappa shape index (κ3) is 5.35. The summed E-state index contributed by atoms with van der Waals surface area (Å²) in [6, 6.07) is 6.35. The summed E-state index contributed by atoms with van der Waals surface area (Å²) in [6.07, 6.45) is 4.04. The van der Waals surface area contributed by atoms with Crippen LogP contribution >= 0.6 is 0 Å². The zero-order chi connectivity index (χ0) is 14.3. The molecule has 5 heteroatoms. The highest BCUT2D eigenvalue weighted by Gasteiger charge is 2.11. The maximum Gasteiger partial charge on any atom is 0.328 e. The quantitative estimate of drug-likeness (QED) is 0.682. The Bertz CT molecular complexity index is 466. The van der Waals surface area contributed by atoms with Crippen LogP contribution in [0.1, 0.15) is 25.3 Å². The molecule has 0 unspecified atom stereocenters. The first-order valence-corrected chi connectivity index (χ1v) is 6.10. The molecular weight excluding hydrogens is 244 g/mol. The van der Waals surface area contributed by atoms with Crippen molar-refractivity contribution in [2.75, 3.05) is 5.32 Å². The zero-order valence-electron chi connectivity index (χ0n) is 10.8. The fraction of sp³-hybridized carbons (Fsp3) is 0.286. The van der Waals surface area contributed by atoms with Gasteiger partial charge in [-0.3, -0.25) is 4.79 Å². The van der Waals surface area contributed by atoms with E-state index in [0.29, 0.717) is 12.1 Å². The van der Waals surface area contributed by atoms with E-state index < -0.39 is 12.0 Å². The van der Waals surface area contributed by atoms with Gasteiger partial charge in [-0.1, -0.05) is 25.5 Å². The number of nitrogens with one attached hydrogen (secondary N) is 1. The second kappa shape index (κ2) is 7.33. The molecule has 0 spiro atoms. The Kier molecular flexibility index (Phi) is 5.75. The molecule has 1 atom stereocenters. The van der Waals surface area contributed by atoms with Gasteiger partial charge in [0.2, 0.25) is 5.91 Å². The van der Waals surface area contributed by atoms with Crippen molar-refractivity contribution < 1.29 is 14.7 Å². The van der Waals surface area contributed by atoms with E-state index in [-0.39, 0.29) is 5.91 Å². The molecule has 4 N–H and O–H groups in total. The van der Waals surface area contributed by atoms with Gasteiger partial charge in [0.15, 0.2) is 0 Å². The predicted octanol–water partition coefficient (Wildman–Crippen LogP) is 1.85. The lowest BCUT2D eigenvalue weighted by Gasteiger charge is -2.11. The Morgan fingerprint density at radius 2 is 2.00 bits per heavy atom. The van der Waals surface area contributed by atoms with Gasteiger partial charge < -0.3 is 16.2 Å². The van der Waals surface area contributed by atoms with Crippen molar-refractivity contribution in [3.05, 3.63) is 35.9 Å². The average molecular weight is 262 g/mol. The van der Waals surface area contributed by atoms with Crippen LogP contribution in [0.25, 0.3) is 6.08 Å². The van der Waals surface area contributed by atoms with Crippen molar-refractivity contribution in [2.24, 2.45) is 5.73 Å². The summed E-state index contributed by atoms with van der Waals surface area (Å²) in [5.41, 5.74) is 7.09. The smallest absolute Gasteiger partial charge is 0.328 e. The van der Waals surface area contributed by atoms with Crippen LogP contribution in [0.4, 0.5) is 5.69 Å². The number of amides is 1. The second-order valence-electron chi connectivity index (χ2n) is 4.18. The number of carboxylic acid groups (broad SMARTS) is 1. The summed E-state index contributed by atoms with van der Waals surface area (Å²) in [5.74, 6) is -1.21. The third-order valence-electron chi connectivity index (χ3n) is 2.53. The summed E-state index contributed by atoms with van der Waals surface area (Å²) in [4.78, 5) is 22.0. The Labute approximate surface area is 112 Å². The number of anilines is 1. The van der Waals surface area contributed by atoms with Crippen LogP contribution < -0.4 is 11.1 Å². The number of carboxylic acids is 1. The molecule has 0 radical (unpaired) electrons. The fourth-order valence-electron chi connectivity index (χ4n) is 1.52.